The molecule has 19 heavy (non-hydrogen) atoms. The molecule has 0 spiro atoms. The largest absolute Gasteiger partial charge is 0.382 e. The van der Waals surface area contributed by atoms with Crippen LogP contribution >= 0.6 is 0 Å². The second-order valence-corrected chi connectivity index (χ2v) is 4.80. The van der Waals surface area contributed by atoms with Crippen molar-refractivity contribution in [2.45, 2.75) is 38.3 Å². The first-order chi connectivity index (χ1) is 9.29. The lowest BCUT2D eigenvalue weighted by Gasteiger charge is -2.10. The van der Waals surface area contributed by atoms with Gasteiger partial charge in [0.15, 0.2) is 0 Å². The number of aryl methyl sites for hydroxylation is 1. The van der Waals surface area contributed by atoms with Crippen molar-refractivity contribution in [1.82, 2.24) is 9.78 Å². The lowest BCUT2D eigenvalue weighted by molar-refractivity contribution is 0.101. The second kappa shape index (κ2) is 7.25. The SMILES string of the molecule is NCCNc1cnn(CCCC2CCCO2)c(=O)c1. The number of ether oxygens (including phenoxy) is 1. The fourth-order valence-electron chi connectivity index (χ4n) is 2.26. The van der Waals surface area contributed by atoms with Gasteiger partial charge in [-0.1, -0.05) is 0 Å². The number of hydrogen-bond acceptors (Lipinski definition) is 5. The average Bonchev–Trinajstić information content (AvgIpc) is 2.92. The van der Waals surface area contributed by atoms with Gasteiger partial charge in [-0.15, -0.1) is 0 Å². The van der Waals surface area contributed by atoms with Gasteiger partial charge in [0, 0.05) is 32.3 Å². The van der Waals surface area contributed by atoms with Crippen LogP contribution in [-0.2, 0) is 11.3 Å². The molecule has 1 saturated heterocycles. The highest BCUT2D eigenvalue weighted by molar-refractivity contribution is 5.38. The molecule has 2 rings (SSSR count). The lowest BCUT2D eigenvalue weighted by Crippen LogP contribution is -2.24. The summed E-state index contributed by atoms with van der Waals surface area (Å²) in [6.45, 7) is 2.70. The molecule has 0 radical (unpaired) electrons. The number of nitrogens with zero attached hydrogens (tertiary/aromatic N) is 2. The van der Waals surface area contributed by atoms with Gasteiger partial charge >= 0.3 is 0 Å². The topological polar surface area (TPSA) is 82.2 Å². The maximum atomic E-state index is 11.8. The van der Waals surface area contributed by atoms with Gasteiger partial charge in [-0.3, -0.25) is 4.79 Å². The predicted molar refractivity (Wildman–Crippen MR) is 74.2 cm³/mol. The van der Waals surface area contributed by atoms with E-state index >= 15 is 0 Å². The minimum absolute atomic E-state index is 0.0747. The molecule has 0 bridgehead atoms. The molecule has 1 aliphatic heterocycles. The molecule has 6 heteroatoms. The van der Waals surface area contributed by atoms with Gasteiger partial charge in [-0.2, -0.15) is 5.10 Å². The molecule has 1 atom stereocenters. The quantitative estimate of drug-likeness (QED) is 0.754. The predicted octanol–water partition coefficient (Wildman–Crippen LogP) is 0.573. The van der Waals surface area contributed by atoms with Gasteiger partial charge in [0.25, 0.3) is 5.56 Å². The van der Waals surface area contributed by atoms with E-state index in [0.717, 1.165) is 38.0 Å². The summed E-state index contributed by atoms with van der Waals surface area (Å²) < 4.78 is 7.06. The Bertz CT molecular complexity index is 441. The van der Waals surface area contributed by atoms with E-state index in [1.807, 2.05) is 0 Å². The maximum Gasteiger partial charge on any atom is 0.268 e. The summed E-state index contributed by atoms with van der Waals surface area (Å²) in [5.41, 5.74) is 6.04. The minimum atomic E-state index is -0.0747. The summed E-state index contributed by atoms with van der Waals surface area (Å²) >= 11 is 0. The van der Waals surface area contributed by atoms with Crippen molar-refractivity contribution in [3.05, 3.63) is 22.6 Å². The van der Waals surface area contributed by atoms with Crippen molar-refractivity contribution >= 4 is 5.69 Å². The molecule has 1 aromatic heterocycles. The van der Waals surface area contributed by atoms with Gasteiger partial charge in [0.2, 0.25) is 0 Å². The Labute approximate surface area is 112 Å². The molecule has 1 unspecified atom stereocenters. The van der Waals surface area contributed by atoms with E-state index < -0.39 is 0 Å². The van der Waals surface area contributed by atoms with Gasteiger partial charge in [0.1, 0.15) is 0 Å². The number of rotatable bonds is 7. The highest BCUT2D eigenvalue weighted by atomic mass is 16.5. The van der Waals surface area contributed by atoms with Crippen LogP contribution < -0.4 is 16.6 Å². The Balaban J connectivity index is 1.81. The Hall–Kier alpha value is -1.40. The smallest absolute Gasteiger partial charge is 0.268 e. The summed E-state index contributed by atoms with van der Waals surface area (Å²) in [7, 11) is 0. The van der Waals surface area contributed by atoms with Gasteiger partial charge < -0.3 is 15.8 Å². The normalized spacial score (nSPS) is 18.7. The number of hydrogen-bond donors (Lipinski definition) is 2. The molecule has 1 fully saturated rings. The first-order valence-corrected chi connectivity index (χ1v) is 6.92. The van der Waals surface area contributed by atoms with Crippen molar-refractivity contribution in [3.63, 3.8) is 0 Å². The van der Waals surface area contributed by atoms with Crippen LogP contribution in [0.1, 0.15) is 25.7 Å². The van der Waals surface area contributed by atoms with Crippen LogP contribution in [0.5, 0.6) is 0 Å². The maximum absolute atomic E-state index is 11.8. The molecule has 0 saturated carbocycles. The average molecular weight is 266 g/mol. The van der Waals surface area contributed by atoms with E-state index in [2.05, 4.69) is 10.4 Å². The standard InChI is InChI=1S/C13H22N4O2/c14-5-6-15-11-9-13(18)17(16-10-11)7-1-3-12-4-2-8-19-12/h9-10,12,15H,1-8,14H2. The second-order valence-electron chi connectivity index (χ2n) is 4.80. The summed E-state index contributed by atoms with van der Waals surface area (Å²) in [5, 5.41) is 7.20. The molecule has 2 heterocycles. The van der Waals surface area contributed by atoms with Crippen molar-refractivity contribution < 1.29 is 4.74 Å². The van der Waals surface area contributed by atoms with Gasteiger partial charge in [-0.05, 0) is 25.7 Å². The van der Waals surface area contributed by atoms with Crippen LogP contribution in [0.25, 0.3) is 0 Å². The van der Waals surface area contributed by atoms with Crippen LogP contribution in [0.3, 0.4) is 0 Å². The first-order valence-electron chi connectivity index (χ1n) is 6.92. The molecule has 0 aromatic carbocycles. The van der Waals surface area contributed by atoms with Gasteiger partial charge in [0.05, 0.1) is 18.0 Å². The van der Waals surface area contributed by atoms with Crippen LogP contribution in [-0.4, -0.2) is 35.6 Å². The molecule has 1 aromatic rings. The van der Waals surface area contributed by atoms with Gasteiger partial charge in [-0.25, -0.2) is 4.68 Å². The molecule has 0 amide bonds. The summed E-state index contributed by atoms with van der Waals surface area (Å²) in [6.07, 6.45) is 6.27. The summed E-state index contributed by atoms with van der Waals surface area (Å²) in [4.78, 5) is 11.8. The van der Waals surface area contributed by atoms with Crippen LogP contribution in [0.2, 0.25) is 0 Å². The zero-order valence-corrected chi connectivity index (χ0v) is 11.2. The minimum Gasteiger partial charge on any atom is -0.382 e. The van der Waals surface area contributed by atoms with Crippen molar-refractivity contribution in [3.8, 4) is 0 Å². The van der Waals surface area contributed by atoms with Crippen LogP contribution in [0.4, 0.5) is 5.69 Å². The van der Waals surface area contributed by atoms with E-state index in [0.29, 0.717) is 25.7 Å². The van der Waals surface area contributed by atoms with E-state index in [-0.39, 0.29) is 5.56 Å². The van der Waals surface area contributed by atoms with Crippen molar-refractivity contribution in [1.29, 1.82) is 0 Å². The Morgan fingerprint density at radius 3 is 3.16 bits per heavy atom. The Morgan fingerprint density at radius 1 is 1.58 bits per heavy atom. The fraction of sp³-hybridized carbons (Fsp3) is 0.692. The summed E-state index contributed by atoms with van der Waals surface area (Å²) in [5.74, 6) is 0. The molecular weight excluding hydrogens is 244 g/mol. The van der Waals surface area contributed by atoms with E-state index in [1.165, 1.54) is 4.68 Å². The number of nitrogens with two attached hydrogens (primary N) is 1. The van der Waals surface area contributed by atoms with E-state index in [4.69, 9.17) is 10.5 Å². The van der Waals surface area contributed by atoms with Crippen LogP contribution in [0, 0.1) is 0 Å². The molecular formula is C13H22N4O2. The van der Waals surface area contributed by atoms with Crippen molar-refractivity contribution in [2.24, 2.45) is 5.73 Å². The molecule has 3 N–H and O–H groups in total. The Kier molecular flexibility index (Phi) is 5.35. The molecule has 1 aliphatic rings. The van der Waals surface area contributed by atoms with E-state index in [1.54, 1.807) is 12.3 Å². The fourth-order valence-corrected chi connectivity index (χ4v) is 2.26. The third-order valence-corrected chi connectivity index (χ3v) is 3.26. The molecule has 0 aliphatic carbocycles. The van der Waals surface area contributed by atoms with E-state index in [9.17, 15) is 4.79 Å². The highest BCUT2D eigenvalue weighted by Crippen LogP contribution is 2.16. The zero-order valence-electron chi connectivity index (χ0n) is 11.2. The Morgan fingerprint density at radius 2 is 2.47 bits per heavy atom. The third kappa shape index (κ3) is 4.33. The molecule has 106 valence electrons. The zero-order chi connectivity index (χ0) is 13.5. The molecule has 6 nitrogen and oxygen atoms in total. The van der Waals surface area contributed by atoms with Crippen molar-refractivity contribution in [2.75, 3.05) is 25.0 Å². The highest BCUT2D eigenvalue weighted by Gasteiger charge is 2.14. The lowest BCUT2D eigenvalue weighted by atomic mass is 10.1. The van der Waals surface area contributed by atoms with Crippen LogP contribution in [0.15, 0.2) is 17.1 Å². The first kappa shape index (κ1) is 14.0. The monoisotopic (exact) mass is 266 g/mol. The number of aromatic nitrogens is 2. The summed E-state index contributed by atoms with van der Waals surface area (Å²) in [6, 6.07) is 1.56. The number of anilines is 1. The number of nitrogens with one attached hydrogen (secondary N) is 1. The third-order valence-electron chi connectivity index (χ3n) is 3.26.